The molecule has 0 radical (unpaired) electrons. The summed E-state index contributed by atoms with van der Waals surface area (Å²) >= 11 is 0. The zero-order valence-electron chi connectivity index (χ0n) is 8.37. The summed E-state index contributed by atoms with van der Waals surface area (Å²) in [5.41, 5.74) is 2.45. The molecule has 1 aromatic carbocycles. The van der Waals surface area contributed by atoms with Gasteiger partial charge >= 0.3 is 0 Å². The molecule has 0 bridgehead atoms. The van der Waals surface area contributed by atoms with Crippen molar-refractivity contribution in [2.75, 3.05) is 0 Å². The van der Waals surface area contributed by atoms with Crippen LogP contribution in [0, 0.1) is 0 Å². The highest BCUT2D eigenvalue weighted by Gasteiger charge is 2.40. The average Bonchev–Trinajstić information content (AvgIpc) is 3.01. The van der Waals surface area contributed by atoms with Gasteiger partial charge in [0.15, 0.2) is 0 Å². The van der Waals surface area contributed by atoms with Gasteiger partial charge in [-0.15, -0.1) is 0 Å². The average molecular weight is 188 g/mol. The summed E-state index contributed by atoms with van der Waals surface area (Å²) in [6.07, 6.45) is 5.54. The second-order valence-electron chi connectivity index (χ2n) is 4.92. The zero-order chi connectivity index (χ0) is 9.60. The van der Waals surface area contributed by atoms with Crippen LogP contribution in [0.5, 0.6) is 0 Å². The molecule has 2 fully saturated rings. The maximum Gasteiger partial charge on any atom is 0.0690 e. The Hall–Kier alpha value is -0.820. The first-order valence-electron chi connectivity index (χ1n) is 5.56. The fraction of sp³-hybridized carbons (Fsp3) is 0.538. The van der Waals surface area contributed by atoms with Crippen LogP contribution in [0.1, 0.15) is 42.7 Å². The predicted molar refractivity (Wildman–Crippen MR) is 56.3 cm³/mol. The Kier molecular flexibility index (Phi) is 1.72. The van der Waals surface area contributed by atoms with Gasteiger partial charge in [-0.1, -0.05) is 24.3 Å². The standard InChI is InChI=1S/C13H16O/c14-13(6-7-13)9-10-2-1-3-12(8-10)11-4-5-11/h1-3,8,11,14H,4-7,9H2. The maximum absolute atomic E-state index is 9.83. The van der Waals surface area contributed by atoms with Gasteiger partial charge in [0.1, 0.15) is 0 Å². The first-order chi connectivity index (χ1) is 6.75. The lowest BCUT2D eigenvalue weighted by molar-refractivity contribution is 0.151. The molecule has 0 aliphatic heterocycles. The van der Waals surface area contributed by atoms with Gasteiger partial charge in [-0.05, 0) is 42.7 Å². The van der Waals surface area contributed by atoms with Gasteiger partial charge in [0.25, 0.3) is 0 Å². The molecule has 0 aromatic heterocycles. The van der Waals surface area contributed by atoms with E-state index in [0.717, 1.165) is 25.2 Å². The van der Waals surface area contributed by atoms with E-state index in [1.54, 1.807) is 0 Å². The second kappa shape index (κ2) is 2.83. The van der Waals surface area contributed by atoms with Crippen molar-refractivity contribution in [2.45, 2.75) is 43.6 Å². The summed E-state index contributed by atoms with van der Waals surface area (Å²) in [4.78, 5) is 0. The molecule has 3 rings (SSSR count). The molecule has 0 heterocycles. The van der Waals surface area contributed by atoms with Gasteiger partial charge in [0.2, 0.25) is 0 Å². The van der Waals surface area contributed by atoms with Crippen molar-refractivity contribution in [3.63, 3.8) is 0 Å². The molecule has 0 atom stereocenters. The lowest BCUT2D eigenvalue weighted by Crippen LogP contribution is -2.10. The van der Waals surface area contributed by atoms with E-state index in [1.165, 1.54) is 24.0 Å². The Balaban J connectivity index is 1.79. The summed E-state index contributed by atoms with van der Waals surface area (Å²) in [5.74, 6) is 0.823. The van der Waals surface area contributed by atoms with Gasteiger partial charge in [-0.3, -0.25) is 0 Å². The summed E-state index contributed by atoms with van der Waals surface area (Å²) in [7, 11) is 0. The number of hydrogen-bond donors (Lipinski definition) is 1. The molecule has 0 amide bonds. The van der Waals surface area contributed by atoms with Crippen LogP contribution >= 0.6 is 0 Å². The van der Waals surface area contributed by atoms with Crippen molar-refractivity contribution in [3.05, 3.63) is 35.4 Å². The first-order valence-corrected chi connectivity index (χ1v) is 5.56. The summed E-state index contributed by atoms with van der Waals surface area (Å²) in [5, 5.41) is 9.83. The van der Waals surface area contributed by atoms with E-state index in [4.69, 9.17) is 0 Å². The van der Waals surface area contributed by atoms with E-state index in [0.29, 0.717) is 0 Å². The van der Waals surface area contributed by atoms with Gasteiger partial charge in [-0.25, -0.2) is 0 Å². The lowest BCUT2D eigenvalue weighted by Gasteiger charge is -2.08. The molecule has 74 valence electrons. The molecular weight excluding hydrogens is 172 g/mol. The topological polar surface area (TPSA) is 20.2 Å². The Bertz CT molecular complexity index is 348. The molecule has 1 aromatic rings. The van der Waals surface area contributed by atoms with Gasteiger partial charge in [-0.2, -0.15) is 0 Å². The zero-order valence-corrected chi connectivity index (χ0v) is 8.37. The number of rotatable bonds is 3. The molecule has 1 heteroatoms. The van der Waals surface area contributed by atoms with E-state index >= 15 is 0 Å². The Morgan fingerprint density at radius 1 is 1.29 bits per heavy atom. The third kappa shape index (κ3) is 1.69. The number of aliphatic hydroxyl groups is 1. The van der Waals surface area contributed by atoms with E-state index in [1.807, 2.05) is 0 Å². The van der Waals surface area contributed by atoms with Gasteiger partial charge in [0.05, 0.1) is 5.60 Å². The van der Waals surface area contributed by atoms with Crippen LogP contribution in [0.25, 0.3) is 0 Å². The van der Waals surface area contributed by atoms with Crippen LogP contribution in [0.4, 0.5) is 0 Å². The maximum atomic E-state index is 9.83. The van der Waals surface area contributed by atoms with Crippen LogP contribution in [-0.4, -0.2) is 10.7 Å². The highest BCUT2D eigenvalue weighted by atomic mass is 16.3. The SMILES string of the molecule is OC1(Cc2cccc(C3CC3)c2)CC1. The monoisotopic (exact) mass is 188 g/mol. The highest BCUT2D eigenvalue weighted by molar-refractivity contribution is 5.30. The predicted octanol–water partition coefficient (Wildman–Crippen LogP) is 2.63. The van der Waals surface area contributed by atoms with Crippen molar-refractivity contribution in [2.24, 2.45) is 0 Å². The minimum Gasteiger partial charge on any atom is -0.390 e. The number of hydrogen-bond acceptors (Lipinski definition) is 1. The molecule has 2 saturated carbocycles. The summed E-state index contributed by atoms with van der Waals surface area (Å²) < 4.78 is 0. The smallest absolute Gasteiger partial charge is 0.0690 e. The van der Waals surface area contributed by atoms with E-state index in [9.17, 15) is 5.11 Å². The fourth-order valence-electron chi connectivity index (χ4n) is 2.07. The summed E-state index contributed by atoms with van der Waals surface area (Å²) in [6, 6.07) is 8.78. The lowest BCUT2D eigenvalue weighted by atomic mass is 10.0. The molecule has 14 heavy (non-hydrogen) atoms. The van der Waals surface area contributed by atoms with Crippen LogP contribution in [-0.2, 0) is 6.42 Å². The fourth-order valence-corrected chi connectivity index (χ4v) is 2.07. The van der Waals surface area contributed by atoms with E-state index in [-0.39, 0.29) is 5.60 Å². The van der Waals surface area contributed by atoms with Crippen LogP contribution in [0.2, 0.25) is 0 Å². The Labute approximate surface area is 84.8 Å². The van der Waals surface area contributed by atoms with Gasteiger partial charge in [0, 0.05) is 6.42 Å². The second-order valence-corrected chi connectivity index (χ2v) is 4.92. The van der Waals surface area contributed by atoms with Crippen molar-refractivity contribution in [1.82, 2.24) is 0 Å². The molecular formula is C13H16O. The van der Waals surface area contributed by atoms with Crippen molar-refractivity contribution >= 4 is 0 Å². The largest absolute Gasteiger partial charge is 0.390 e. The first kappa shape index (κ1) is 8.49. The third-order valence-electron chi connectivity index (χ3n) is 3.36. The van der Waals surface area contributed by atoms with Crippen molar-refractivity contribution < 1.29 is 5.11 Å². The summed E-state index contributed by atoms with van der Waals surface area (Å²) in [6.45, 7) is 0. The molecule has 0 unspecified atom stereocenters. The van der Waals surface area contributed by atoms with Crippen molar-refractivity contribution in [3.8, 4) is 0 Å². The molecule has 1 N–H and O–H groups in total. The van der Waals surface area contributed by atoms with Crippen LogP contribution < -0.4 is 0 Å². The minimum absolute atomic E-state index is 0.345. The molecule has 2 aliphatic carbocycles. The van der Waals surface area contributed by atoms with Crippen molar-refractivity contribution in [1.29, 1.82) is 0 Å². The number of benzene rings is 1. The highest BCUT2D eigenvalue weighted by Crippen LogP contribution is 2.42. The molecule has 0 spiro atoms. The molecule has 0 saturated heterocycles. The molecule has 2 aliphatic rings. The van der Waals surface area contributed by atoms with Crippen LogP contribution in [0.15, 0.2) is 24.3 Å². The molecule has 1 nitrogen and oxygen atoms in total. The third-order valence-corrected chi connectivity index (χ3v) is 3.36. The van der Waals surface area contributed by atoms with Gasteiger partial charge < -0.3 is 5.11 Å². The Morgan fingerprint density at radius 2 is 2.07 bits per heavy atom. The van der Waals surface area contributed by atoms with Crippen LogP contribution in [0.3, 0.4) is 0 Å². The minimum atomic E-state index is -0.345. The van der Waals surface area contributed by atoms with E-state index in [2.05, 4.69) is 24.3 Å². The van der Waals surface area contributed by atoms with E-state index < -0.39 is 0 Å². The Morgan fingerprint density at radius 3 is 2.71 bits per heavy atom. The quantitative estimate of drug-likeness (QED) is 0.773. The normalized spacial score (nSPS) is 23.5.